The molecule has 0 saturated heterocycles. The SMILES string of the molecule is CCOc1cc2c(cc1OCC)C(c1ccc(Br)cc1)N(C)NC(C)C2. The van der Waals surface area contributed by atoms with Crippen LogP contribution < -0.4 is 14.9 Å². The molecule has 4 nitrogen and oxygen atoms in total. The molecule has 0 spiro atoms. The van der Waals surface area contributed by atoms with Crippen LogP contribution in [0, 0.1) is 0 Å². The van der Waals surface area contributed by atoms with Gasteiger partial charge in [-0.05, 0) is 68.1 Å². The van der Waals surface area contributed by atoms with Gasteiger partial charge in [0.05, 0.1) is 19.3 Å². The zero-order valence-corrected chi connectivity index (χ0v) is 17.5. The third kappa shape index (κ3) is 4.05. The summed E-state index contributed by atoms with van der Waals surface area (Å²) in [6, 6.07) is 13.3. The van der Waals surface area contributed by atoms with Crippen molar-refractivity contribution < 1.29 is 9.47 Å². The minimum absolute atomic E-state index is 0.109. The Morgan fingerprint density at radius 2 is 1.69 bits per heavy atom. The molecule has 0 radical (unpaired) electrons. The van der Waals surface area contributed by atoms with Crippen LogP contribution in [0.4, 0.5) is 0 Å². The lowest BCUT2D eigenvalue weighted by molar-refractivity contribution is 0.172. The first-order valence-corrected chi connectivity index (χ1v) is 9.99. The van der Waals surface area contributed by atoms with Crippen LogP contribution in [0.1, 0.15) is 43.5 Å². The van der Waals surface area contributed by atoms with Crippen LogP contribution in [-0.4, -0.2) is 31.3 Å². The van der Waals surface area contributed by atoms with E-state index < -0.39 is 0 Å². The second-order valence-corrected chi connectivity index (χ2v) is 7.58. The first kappa shape index (κ1) is 19.2. The molecule has 2 unspecified atom stereocenters. The van der Waals surface area contributed by atoms with Gasteiger partial charge in [0.2, 0.25) is 0 Å². The summed E-state index contributed by atoms with van der Waals surface area (Å²) in [5.74, 6) is 1.65. The lowest BCUT2D eigenvalue weighted by Crippen LogP contribution is -2.42. The first-order chi connectivity index (χ1) is 12.5. The number of rotatable bonds is 5. The highest BCUT2D eigenvalue weighted by Crippen LogP contribution is 2.39. The van der Waals surface area contributed by atoms with E-state index in [1.807, 2.05) is 13.8 Å². The fraction of sp³-hybridized carbons (Fsp3) is 0.429. The average molecular weight is 419 g/mol. The summed E-state index contributed by atoms with van der Waals surface area (Å²) in [6.07, 6.45) is 0.944. The lowest BCUT2D eigenvalue weighted by Gasteiger charge is -2.29. The van der Waals surface area contributed by atoms with Gasteiger partial charge in [-0.25, -0.2) is 5.01 Å². The van der Waals surface area contributed by atoms with Crippen LogP contribution in [0.3, 0.4) is 0 Å². The molecule has 1 aliphatic heterocycles. The van der Waals surface area contributed by atoms with Crippen LogP contribution in [0.5, 0.6) is 11.5 Å². The van der Waals surface area contributed by atoms with Gasteiger partial charge in [0, 0.05) is 17.6 Å². The van der Waals surface area contributed by atoms with Crippen LogP contribution in [0.15, 0.2) is 40.9 Å². The highest BCUT2D eigenvalue weighted by molar-refractivity contribution is 9.10. The molecule has 1 aliphatic rings. The van der Waals surface area contributed by atoms with Crippen LogP contribution in [0.2, 0.25) is 0 Å². The van der Waals surface area contributed by atoms with Gasteiger partial charge < -0.3 is 9.47 Å². The van der Waals surface area contributed by atoms with E-state index in [4.69, 9.17) is 9.47 Å². The van der Waals surface area contributed by atoms with E-state index in [0.29, 0.717) is 19.3 Å². The molecule has 26 heavy (non-hydrogen) atoms. The van der Waals surface area contributed by atoms with Crippen molar-refractivity contribution in [2.24, 2.45) is 0 Å². The Labute approximate surface area is 164 Å². The third-order valence-corrected chi connectivity index (χ3v) is 5.15. The number of hydrogen-bond donors (Lipinski definition) is 1. The molecular formula is C21H27BrN2O2. The molecule has 1 heterocycles. The first-order valence-electron chi connectivity index (χ1n) is 9.20. The standard InChI is InChI=1S/C21H27BrN2O2/c1-5-25-19-12-16-11-14(3)23-24(4)21(15-7-9-17(22)10-8-15)18(16)13-20(19)26-6-2/h7-10,12-14,21,23H,5-6,11H2,1-4H3. The van der Waals surface area contributed by atoms with Crippen molar-refractivity contribution in [1.82, 2.24) is 10.4 Å². The largest absolute Gasteiger partial charge is 0.490 e. The average Bonchev–Trinajstić information content (AvgIpc) is 2.71. The van der Waals surface area contributed by atoms with E-state index in [1.54, 1.807) is 0 Å². The van der Waals surface area contributed by atoms with E-state index >= 15 is 0 Å². The molecule has 5 heteroatoms. The normalized spacial score (nSPS) is 20.3. The smallest absolute Gasteiger partial charge is 0.161 e. The highest BCUT2D eigenvalue weighted by Gasteiger charge is 2.29. The van der Waals surface area contributed by atoms with Crippen molar-refractivity contribution in [2.45, 2.75) is 39.3 Å². The summed E-state index contributed by atoms with van der Waals surface area (Å²) >= 11 is 3.53. The predicted octanol–water partition coefficient (Wildman–Crippen LogP) is 4.72. The maximum Gasteiger partial charge on any atom is 0.161 e. The molecule has 0 bridgehead atoms. The molecule has 140 valence electrons. The van der Waals surface area contributed by atoms with E-state index in [-0.39, 0.29) is 6.04 Å². The third-order valence-electron chi connectivity index (χ3n) is 4.62. The van der Waals surface area contributed by atoms with Gasteiger partial charge in [0.1, 0.15) is 0 Å². The molecule has 2 aromatic rings. The Hall–Kier alpha value is -1.56. The molecule has 1 N–H and O–H groups in total. The van der Waals surface area contributed by atoms with Crippen LogP contribution in [-0.2, 0) is 6.42 Å². The van der Waals surface area contributed by atoms with Crippen LogP contribution >= 0.6 is 15.9 Å². The van der Waals surface area contributed by atoms with Crippen molar-refractivity contribution >= 4 is 15.9 Å². The monoisotopic (exact) mass is 418 g/mol. The van der Waals surface area contributed by atoms with E-state index in [2.05, 4.69) is 76.7 Å². The summed E-state index contributed by atoms with van der Waals surface area (Å²) in [6.45, 7) is 7.46. The minimum Gasteiger partial charge on any atom is -0.490 e. The second kappa shape index (κ2) is 8.42. The quantitative estimate of drug-likeness (QED) is 0.761. The van der Waals surface area contributed by atoms with E-state index in [0.717, 1.165) is 22.4 Å². The Kier molecular flexibility index (Phi) is 6.22. The van der Waals surface area contributed by atoms with Crippen molar-refractivity contribution in [1.29, 1.82) is 0 Å². The number of halogens is 1. The molecule has 2 atom stereocenters. The Bertz CT molecular complexity index is 748. The van der Waals surface area contributed by atoms with Gasteiger partial charge in [0.15, 0.2) is 11.5 Å². The molecule has 0 aliphatic carbocycles. The van der Waals surface area contributed by atoms with Crippen LogP contribution in [0.25, 0.3) is 0 Å². The van der Waals surface area contributed by atoms with Gasteiger partial charge >= 0.3 is 0 Å². The van der Waals surface area contributed by atoms with Gasteiger partial charge in [-0.1, -0.05) is 28.1 Å². The second-order valence-electron chi connectivity index (χ2n) is 6.66. The molecule has 0 amide bonds. The van der Waals surface area contributed by atoms with E-state index in [1.165, 1.54) is 16.7 Å². The van der Waals surface area contributed by atoms with Gasteiger partial charge in [-0.2, -0.15) is 0 Å². The molecule has 0 fully saturated rings. The lowest BCUT2D eigenvalue weighted by atomic mass is 9.92. The zero-order valence-electron chi connectivity index (χ0n) is 15.9. The molecule has 2 aromatic carbocycles. The Morgan fingerprint density at radius 1 is 1.08 bits per heavy atom. The number of hydrogen-bond acceptors (Lipinski definition) is 4. The fourth-order valence-corrected chi connectivity index (χ4v) is 3.90. The summed E-state index contributed by atoms with van der Waals surface area (Å²) in [5, 5.41) is 2.20. The zero-order chi connectivity index (χ0) is 18.7. The maximum absolute atomic E-state index is 5.89. The minimum atomic E-state index is 0.109. The van der Waals surface area contributed by atoms with Gasteiger partial charge in [-0.3, -0.25) is 5.43 Å². The molecule has 0 saturated carbocycles. The van der Waals surface area contributed by atoms with Crippen molar-refractivity contribution in [3.8, 4) is 11.5 Å². The van der Waals surface area contributed by atoms with Crippen molar-refractivity contribution in [3.05, 3.63) is 57.6 Å². The summed E-state index contributed by atoms with van der Waals surface area (Å²) < 4.78 is 12.8. The topological polar surface area (TPSA) is 33.7 Å². The molecular weight excluding hydrogens is 392 g/mol. The van der Waals surface area contributed by atoms with Crippen molar-refractivity contribution in [3.63, 3.8) is 0 Å². The number of ether oxygens (including phenoxy) is 2. The number of benzene rings is 2. The van der Waals surface area contributed by atoms with E-state index in [9.17, 15) is 0 Å². The predicted molar refractivity (Wildman–Crippen MR) is 109 cm³/mol. The number of nitrogens with one attached hydrogen (secondary N) is 1. The summed E-state index contributed by atoms with van der Waals surface area (Å²) in [4.78, 5) is 0. The highest BCUT2D eigenvalue weighted by atomic mass is 79.9. The fourth-order valence-electron chi connectivity index (χ4n) is 3.64. The number of fused-ring (bicyclic) bond motifs is 1. The summed E-state index contributed by atoms with van der Waals surface area (Å²) in [7, 11) is 2.11. The maximum atomic E-state index is 5.89. The molecule has 0 aromatic heterocycles. The summed E-state index contributed by atoms with van der Waals surface area (Å²) in [5.41, 5.74) is 7.40. The number of hydrazine groups is 1. The number of nitrogens with zero attached hydrogens (tertiary/aromatic N) is 1. The Morgan fingerprint density at radius 3 is 2.31 bits per heavy atom. The molecule has 3 rings (SSSR count). The Balaban J connectivity index is 2.14. The van der Waals surface area contributed by atoms with Crippen molar-refractivity contribution in [2.75, 3.05) is 20.3 Å². The van der Waals surface area contributed by atoms with Gasteiger partial charge in [-0.15, -0.1) is 0 Å². The van der Waals surface area contributed by atoms with Gasteiger partial charge in [0.25, 0.3) is 0 Å².